The highest BCUT2D eigenvalue weighted by Crippen LogP contribution is 2.21. The second-order valence-corrected chi connectivity index (χ2v) is 5.00. The van der Waals surface area contributed by atoms with Gasteiger partial charge in [-0.2, -0.15) is 0 Å². The average molecular weight is 255 g/mol. The van der Waals surface area contributed by atoms with Crippen LogP contribution in [0.5, 0.6) is 0 Å². The normalized spacial score (nSPS) is 28.8. The minimum absolute atomic E-state index is 0.0447. The fourth-order valence-electron chi connectivity index (χ4n) is 2.68. The van der Waals surface area contributed by atoms with Gasteiger partial charge in [0, 0.05) is 19.7 Å². The number of methoxy groups -OCH3 is 1. The number of hydrogen-bond donors (Lipinski definition) is 0. The molecular weight excluding hydrogens is 234 g/mol. The van der Waals surface area contributed by atoms with Crippen LogP contribution in [-0.2, 0) is 19.1 Å². The molecule has 2 atom stereocenters. The van der Waals surface area contributed by atoms with Gasteiger partial charge in [-0.1, -0.05) is 0 Å². The second kappa shape index (κ2) is 6.18. The SMILES string of the molecule is COC(=O)[C@H]1CCCN(C(=O)C2CCCCO2)C1. The molecule has 0 aromatic carbocycles. The third kappa shape index (κ3) is 3.02. The summed E-state index contributed by atoms with van der Waals surface area (Å²) in [4.78, 5) is 25.5. The van der Waals surface area contributed by atoms with Crippen molar-refractivity contribution in [1.29, 1.82) is 0 Å². The van der Waals surface area contributed by atoms with Gasteiger partial charge in [0.2, 0.25) is 0 Å². The molecule has 2 heterocycles. The van der Waals surface area contributed by atoms with Crippen LogP contribution in [0.15, 0.2) is 0 Å². The van der Waals surface area contributed by atoms with E-state index in [2.05, 4.69) is 0 Å². The molecule has 0 aliphatic carbocycles. The highest BCUT2D eigenvalue weighted by atomic mass is 16.5. The lowest BCUT2D eigenvalue weighted by molar-refractivity contribution is -0.153. The summed E-state index contributed by atoms with van der Waals surface area (Å²) in [6.07, 6.45) is 4.26. The maximum atomic E-state index is 12.3. The average Bonchev–Trinajstić information content (AvgIpc) is 2.46. The van der Waals surface area contributed by atoms with E-state index in [9.17, 15) is 9.59 Å². The number of ether oxygens (including phenoxy) is 2. The minimum atomic E-state index is -0.296. The van der Waals surface area contributed by atoms with Crippen LogP contribution in [0.1, 0.15) is 32.1 Å². The van der Waals surface area contributed by atoms with Crippen LogP contribution >= 0.6 is 0 Å². The summed E-state index contributed by atoms with van der Waals surface area (Å²) in [7, 11) is 1.40. The standard InChI is InChI=1S/C13H21NO4/c1-17-13(16)10-5-4-7-14(9-10)12(15)11-6-2-3-8-18-11/h10-11H,2-9H2,1H3/t10-,11?/m0/s1. The van der Waals surface area contributed by atoms with Gasteiger partial charge in [-0.3, -0.25) is 9.59 Å². The number of hydrogen-bond acceptors (Lipinski definition) is 4. The monoisotopic (exact) mass is 255 g/mol. The predicted octanol–water partition coefficient (Wildman–Crippen LogP) is 0.967. The maximum absolute atomic E-state index is 12.3. The summed E-state index contributed by atoms with van der Waals surface area (Å²) >= 11 is 0. The van der Waals surface area contributed by atoms with E-state index in [1.807, 2.05) is 0 Å². The van der Waals surface area contributed by atoms with Crippen molar-refractivity contribution in [2.75, 3.05) is 26.8 Å². The van der Waals surface area contributed by atoms with Crippen LogP contribution in [0.2, 0.25) is 0 Å². The first kappa shape index (κ1) is 13.3. The van der Waals surface area contributed by atoms with E-state index in [4.69, 9.17) is 9.47 Å². The molecular formula is C13H21NO4. The van der Waals surface area contributed by atoms with Crippen LogP contribution in [0.3, 0.4) is 0 Å². The number of likely N-dealkylation sites (tertiary alicyclic amines) is 1. The second-order valence-electron chi connectivity index (χ2n) is 5.00. The van der Waals surface area contributed by atoms with Gasteiger partial charge in [-0.15, -0.1) is 0 Å². The number of carbonyl (C=O) groups is 2. The molecule has 2 fully saturated rings. The van der Waals surface area contributed by atoms with E-state index in [1.54, 1.807) is 4.90 Å². The Hall–Kier alpha value is -1.10. The fraction of sp³-hybridized carbons (Fsp3) is 0.846. The van der Waals surface area contributed by atoms with E-state index in [1.165, 1.54) is 7.11 Å². The molecule has 2 saturated heterocycles. The van der Waals surface area contributed by atoms with Gasteiger partial charge in [0.1, 0.15) is 6.10 Å². The number of nitrogens with zero attached hydrogens (tertiary/aromatic N) is 1. The van der Waals surface area contributed by atoms with Crippen molar-refractivity contribution in [3.63, 3.8) is 0 Å². The molecule has 2 rings (SSSR count). The Bertz CT molecular complexity index is 312. The number of rotatable bonds is 2. The van der Waals surface area contributed by atoms with Crippen molar-refractivity contribution in [2.24, 2.45) is 5.92 Å². The van der Waals surface area contributed by atoms with Gasteiger partial charge in [0.05, 0.1) is 13.0 Å². The summed E-state index contributed by atoms with van der Waals surface area (Å²) in [5, 5.41) is 0. The smallest absolute Gasteiger partial charge is 0.310 e. The Morgan fingerprint density at radius 2 is 2.06 bits per heavy atom. The summed E-state index contributed by atoms with van der Waals surface area (Å²) in [6, 6.07) is 0. The van der Waals surface area contributed by atoms with Gasteiger partial charge >= 0.3 is 5.97 Å². The Morgan fingerprint density at radius 3 is 2.72 bits per heavy atom. The maximum Gasteiger partial charge on any atom is 0.310 e. The lowest BCUT2D eigenvalue weighted by Gasteiger charge is -2.34. The Morgan fingerprint density at radius 1 is 1.22 bits per heavy atom. The Labute approximate surface area is 107 Å². The van der Waals surface area contributed by atoms with Crippen molar-refractivity contribution in [3.8, 4) is 0 Å². The molecule has 0 bridgehead atoms. The van der Waals surface area contributed by atoms with E-state index < -0.39 is 0 Å². The van der Waals surface area contributed by atoms with Crippen molar-refractivity contribution in [3.05, 3.63) is 0 Å². The van der Waals surface area contributed by atoms with Crippen LogP contribution in [0, 0.1) is 5.92 Å². The van der Waals surface area contributed by atoms with E-state index in [0.717, 1.165) is 38.6 Å². The lowest BCUT2D eigenvalue weighted by Crippen LogP contribution is -2.48. The molecule has 5 nitrogen and oxygen atoms in total. The van der Waals surface area contributed by atoms with E-state index >= 15 is 0 Å². The third-order valence-electron chi connectivity index (χ3n) is 3.72. The highest BCUT2D eigenvalue weighted by molar-refractivity contribution is 5.82. The Kier molecular flexibility index (Phi) is 4.58. The van der Waals surface area contributed by atoms with Crippen molar-refractivity contribution < 1.29 is 19.1 Å². The molecule has 0 radical (unpaired) electrons. The summed E-state index contributed by atoms with van der Waals surface area (Å²) in [6.45, 7) is 1.88. The number of carbonyl (C=O) groups excluding carboxylic acids is 2. The Balaban J connectivity index is 1.91. The largest absolute Gasteiger partial charge is 0.469 e. The molecule has 0 spiro atoms. The van der Waals surface area contributed by atoms with Gasteiger partial charge in [-0.25, -0.2) is 0 Å². The van der Waals surface area contributed by atoms with Crippen molar-refractivity contribution in [2.45, 2.75) is 38.2 Å². The number of piperidine rings is 1. The highest BCUT2D eigenvalue weighted by Gasteiger charge is 2.33. The fourth-order valence-corrected chi connectivity index (χ4v) is 2.68. The summed E-state index contributed by atoms with van der Waals surface area (Å²) in [5.41, 5.74) is 0. The summed E-state index contributed by atoms with van der Waals surface area (Å²) < 4.78 is 10.3. The number of esters is 1. The molecule has 2 aliphatic heterocycles. The quantitative estimate of drug-likeness (QED) is 0.690. The first-order chi connectivity index (χ1) is 8.72. The molecule has 1 unspecified atom stereocenters. The zero-order valence-corrected chi connectivity index (χ0v) is 10.9. The van der Waals surface area contributed by atoms with Gasteiger partial charge in [-0.05, 0) is 32.1 Å². The van der Waals surface area contributed by atoms with E-state index in [-0.39, 0.29) is 23.9 Å². The molecule has 0 N–H and O–H groups in total. The zero-order valence-electron chi connectivity index (χ0n) is 10.9. The molecule has 102 valence electrons. The third-order valence-corrected chi connectivity index (χ3v) is 3.72. The van der Waals surface area contributed by atoms with Gasteiger partial charge < -0.3 is 14.4 Å². The van der Waals surface area contributed by atoms with Crippen LogP contribution in [-0.4, -0.2) is 49.7 Å². The van der Waals surface area contributed by atoms with Crippen LogP contribution < -0.4 is 0 Å². The van der Waals surface area contributed by atoms with Crippen molar-refractivity contribution in [1.82, 2.24) is 4.90 Å². The zero-order chi connectivity index (χ0) is 13.0. The van der Waals surface area contributed by atoms with Crippen LogP contribution in [0.4, 0.5) is 0 Å². The molecule has 0 aromatic rings. The lowest BCUT2D eigenvalue weighted by atomic mass is 9.97. The molecule has 0 aromatic heterocycles. The molecule has 2 aliphatic rings. The number of amides is 1. The van der Waals surface area contributed by atoms with E-state index in [0.29, 0.717) is 13.2 Å². The molecule has 5 heteroatoms. The topological polar surface area (TPSA) is 55.8 Å². The van der Waals surface area contributed by atoms with Gasteiger partial charge in [0.15, 0.2) is 0 Å². The first-order valence-corrected chi connectivity index (χ1v) is 6.70. The summed E-state index contributed by atoms with van der Waals surface area (Å²) in [5.74, 6) is -0.336. The predicted molar refractivity (Wildman–Crippen MR) is 64.9 cm³/mol. The minimum Gasteiger partial charge on any atom is -0.469 e. The molecule has 0 saturated carbocycles. The molecule has 1 amide bonds. The molecule has 18 heavy (non-hydrogen) atoms. The first-order valence-electron chi connectivity index (χ1n) is 6.70. The van der Waals surface area contributed by atoms with Gasteiger partial charge in [0.25, 0.3) is 5.91 Å². The van der Waals surface area contributed by atoms with Crippen molar-refractivity contribution >= 4 is 11.9 Å². The van der Waals surface area contributed by atoms with Crippen LogP contribution in [0.25, 0.3) is 0 Å².